The van der Waals surface area contributed by atoms with Crippen molar-refractivity contribution in [3.05, 3.63) is 11.1 Å². The SMILES string of the molecule is CCN(C)c1nc(C(C)NC)cs1. The molecule has 1 aromatic heterocycles. The molecule has 0 spiro atoms. The van der Waals surface area contributed by atoms with Gasteiger partial charge in [-0.1, -0.05) is 0 Å². The van der Waals surface area contributed by atoms with Gasteiger partial charge in [0, 0.05) is 25.0 Å². The molecule has 4 heteroatoms. The van der Waals surface area contributed by atoms with Crippen molar-refractivity contribution in [3.63, 3.8) is 0 Å². The van der Waals surface area contributed by atoms with Crippen LogP contribution in [0.2, 0.25) is 0 Å². The fourth-order valence-electron chi connectivity index (χ4n) is 0.934. The standard InChI is InChI=1S/C9H17N3S/c1-5-12(4)9-11-8(6-13-9)7(2)10-3/h6-7,10H,5H2,1-4H3. The second kappa shape index (κ2) is 4.58. The Bertz CT molecular complexity index is 235. The van der Waals surface area contributed by atoms with E-state index in [0.29, 0.717) is 6.04 Å². The van der Waals surface area contributed by atoms with Gasteiger partial charge in [-0.05, 0) is 20.9 Å². The molecular weight excluding hydrogens is 182 g/mol. The number of hydrogen-bond acceptors (Lipinski definition) is 4. The molecule has 0 saturated heterocycles. The normalized spacial score (nSPS) is 12.9. The van der Waals surface area contributed by atoms with E-state index in [2.05, 4.69) is 41.5 Å². The molecule has 0 amide bonds. The van der Waals surface area contributed by atoms with Crippen molar-refractivity contribution in [2.45, 2.75) is 19.9 Å². The van der Waals surface area contributed by atoms with Crippen LogP contribution in [0.3, 0.4) is 0 Å². The molecule has 1 heterocycles. The van der Waals surface area contributed by atoms with Crippen molar-refractivity contribution >= 4 is 16.5 Å². The van der Waals surface area contributed by atoms with Crippen molar-refractivity contribution in [2.24, 2.45) is 0 Å². The van der Waals surface area contributed by atoms with Crippen LogP contribution in [-0.2, 0) is 0 Å². The highest BCUT2D eigenvalue weighted by Gasteiger charge is 2.09. The molecular formula is C9H17N3S. The highest BCUT2D eigenvalue weighted by molar-refractivity contribution is 7.13. The van der Waals surface area contributed by atoms with Gasteiger partial charge in [-0.25, -0.2) is 4.98 Å². The lowest BCUT2D eigenvalue weighted by Crippen LogP contribution is -2.16. The highest BCUT2D eigenvalue weighted by atomic mass is 32.1. The van der Waals surface area contributed by atoms with Crippen molar-refractivity contribution in [2.75, 3.05) is 25.5 Å². The third-order valence-corrected chi connectivity index (χ3v) is 3.16. The Labute approximate surface area is 83.8 Å². The van der Waals surface area contributed by atoms with E-state index in [0.717, 1.165) is 17.4 Å². The molecule has 0 aliphatic heterocycles. The van der Waals surface area contributed by atoms with Crippen LogP contribution in [0.4, 0.5) is 5.13 Å². The molecule has 0 aliphatic carbocycles. The first-order chi connectivity index (χ1) is 6.19. The predicted molar refractivity (Wildman–Crippen MR) is 58.5 cm³/mol. The van der Waals surface area contributed by atoms with Gasteiger partial charge < -0.3 is 10.2 Å². The zero-order chi connectivity index (χ0) is 9.84. The highest BCUT2D eigenvalue weighted by Crippen LogP contribution is 2.22. The molecule has 13 heavy (non-hydrogen) atoms. The predicted octanol–water partition coefficient (Wildman–Crippen LogP) is 1.88. The molecule has 0 bridgehead atoms. The lowest BCUT2D eigenvalue weighted by Gasteiger charge is -2.12. The molecule has 3 nitrogen and oxygen atoms in total. The number of rotatable bonds is 4. The summed E-state index contributed by atoms with van der Waals surface area (Å²) in [6.07, 6.45) is 0. The molecule has 0 aromatic carbocycles. The average Bonchev–Trinajstić information content (AvgIpc) is 2.64. The number of aromatic nitrogens is 1. The van der Waals surface area contributed by atoms with Crippen LogP contribution in [0.1, 0.15) is 25.6 Å². The van der Waals surface area contributed by atoms with E-state index in [1.165, 1.54) is 0 Å². The number of nitrogens with one attached hydrogen (secondary N) is 1. The number of thiazole rings is 1. The van der Waals surface area contributed by atoms with E-state index in [1.54, 1.807) is 11.3 Å². The minimum Gasteiger partial charge on any atom is -0.351 e. The summed E-state index contributed by atoms with van der Waals surface area (Å²) in [5.74, 6) is 0. The van der Waals surface area contributed by atoms with Crippen LogP contribution < -0.4 is 10.2 Å². The summed E-state index contributed by atoms with van der Waals surface area (Å²) < 4.78 is 0. The molecule has 1 N–H and O–H groups in total. The largest absolute Gasteiger partial charge is 0.351 e. The molecule has 1 rings (SSSR count). The Hall–Kier alpha value is -0.610. The Morgan fingerprint density at radius 1 is 1.69 bits per heavy atom. The van der Waals surface area contributed by atoms with Gasteiger partial charge in [-0.2, -0.15) is 0 Å². The molecule has 74 valence electrons. The van der Waals surface area contributed by atoms with E-state index in [9.17, 15) is 0 Å². The first-order valence-corrected chi connectivity index (χ1v) is 5.40. The second-order valence-electron chi connectivity index (χ2n) is 3.08. The summed E-state index contributed by atoms with van der Waals surface area (Å²) in [7, 11) is 4.01. The fraction of sp³-hybridized carbons (Fsp3) is 0.667. The molecule has 1 unspecified atom stereocenters. The van der Waals surface area contributed by atoms with Crippen LogP contribution in [0, 0.1) is 0 Å². The van der Waals surface area contributed by atoms with Gasteiger partial charge in [0.15, 0.2) is 5.13 Å². The Kier molecular flexibility index (Phi) is 3.69. The first kappa shape index (κ1) is 10.5. The first-order valence-electron chi connectivity index (χ1n) is 4.52. The van der Waals surface area contributed by atoms with Crippen LogP contribution in [0.5, 0.6) is 0 Å². The Balaban J connectivity index is 2.74. The smallest absolute Gasteiger partial charge is 0.185 e. The van der Waals surface area contributed by atoms with Crippen LogP contribution in [0.25, 0.3) is 0 Å². The van der Waals surface area contributed by atoms with Gasteiger partial charge >= 0.3 is 0 Å². The monoisotopic (exact) mass is 199 g/mol. The van der Waals surface area contributed by atoms with Crippen molar-refractivity contribution < 1.29 is 0 Å². The minimum atomic E-state index is 0.343. The van der Waals surface area contributed by atoms with E-state index in [-0.39, 0.29) is 0 Å². The van der Waals surface area contributed by atoms with Gasteiger partial charge in [0.05, 0.1) is 5.69 Å². The van der Waals surface area contributed by atoms with Crippen LogP contribution in [-0.4, -0.2) is 25.6 Å². The van der Waals surface area contributed by atoms with Crippen molar-refractivity contribution in [3.8, 4) is 0 Å². The maximum atomic E-state index is 4.53. The number of hydrogen-bond donors (Lipinski definition) is 1. The molecule has 0 saturated carbocycles. The molecule has 0 fully saturated rings. The van der Waals surface area contributed by atoms with Crippen molar-refractivity contribution in [1.82, 2.24) is 10.3 Å². The molecule has 1 aromatic rings. The second-order valence-corrected chi connectivity index (χ2v) is 3.92. The summed E-state index contributed by atoms with van der Waals surface area (Å²) in [5.41, 5.74) is 1.13. The van der Waals surface area contributed by atoms with E-state index in [1.807, 2.05) is 7.05 Å². The zero-order valence-electron chi connectivity index (χ0n) is 8.66. The van der Waals surface area contributed by atoms with Crippen LogP contribution >= 0.6 is 11.3 Å². The molecule has 0 radical (unpaired) electrons. The third kappa shape index (κ3) is 2.42. The fourth-order valence-corrected chi connectivity index (χ4v) is 1.88. The maximum Gasteiger partial charge on any atom is 0.185 e. The topological polar surface area (TPSA) is 28.2 Å². The van der Waals surface area contributed by atoms with Gasteiger partial charge in [-0.3, -0.25) is 0 Å². The summed E-state index contributed by atoms with van der Waals surface area (Å²) >= 11 is 1.70. The zero-order valence-corrected chi connectivity index (χ0v) is 9.48. The average molecular weight is 199 g/mol. The number of nitrogens with zero attached hydrogens (tertiary/aromatic N) is 2. The Morgan fingerprint density at radius 2 is 2.38 bits per heavy atom. The third-order valence-electron chi connectivity index (χ3n) is 2.19. The lowest BCUT2D eigenvalue weighted by atomic mass is 10.3. The number of anilines is 1. The van der Waals surface area contributed by atoms with Gasteiger partial charge in [0.1, 0.15) is 0 Å². The summed E-state index contributed by atoms with van der Waals surface area (Å²) in [6, 6.07) is 0.343. The lowest BCUT2D eigenvalue weighted by molar-refractivity contribution is 0.636. The van der Waals surface area contributed by atoms with E-state index < -0.39 is 0 Å². The molecule has 1 atom stereocenters. The Morgan fingerprint density at radius 3 is 2.92 bits per heavy atom. The summed E-state index contributed by atoms with van der Waals surface area (Å²) in [4.78, 5) is 6.68. The van der Waals surface area contributed by atoms with E-state index in [4.69, 9.17) is 0 Å². The summed E-state index contributed by atoms with van der Waals surface area (Å²) in [5, 5.41) is 6.39. The maximum absolute atomic E-state index is 4.53. The quantitative estimate of drug-likeness (QED) is 0.802. The minimum absolute atomic E-state index is 0.343. The molecule has 0 aliphatic rings. The van der Waals surface area contributed by atoms with Gasteiger partial charge in [0.25, 0.3) is 0 Å². The summed E-state index contributed by atoms with van der Waals surface area (Å²) in [6.45, 7) is 5.24. The van der Waals surface area contributed by atoms with Crippen LogP contribution in [0.15, 0.2) is 5.38 Å². The van der Waals surface area contributed by atoms with Gasteiger partial charge in [0.2, 0.25) is 0 Å². The van der Waals surface area contributed by atoms with E-state index >= 15 is 0 Å². The van der Waals surface area contributed by atoms with Gasteiger partial charge in [-0.15, -0.1) is 11.3 Å². The van der Waals surface area contributed by atoms with Crippen molar-refractivity contribution in [1.29, 1.82) is 0 Å².